The average Bonchev–Trinajstić information content (AvgIpc) is 2.40. The molecule has 1 atom stereocenters. The van der Waals surface area contributed by atoms with Crippen LogP contribution in [0.3, 0.4) is 0 Å². The fourth-order valence-corrected chi connectivity index (χ4v) is 1.57. The van der Waals surface area contributed by atoms with Crippen LogP contribution in [0.2, 0.25) is 0 Å². The van der Waals surface area contributed by atoms with Gasteiger partial charge in [0.2, 0.25) is 0 Å². The summed E-state index contributed by atoms with van der Waals surface area (Å²) in [7, 11) is 0. The van der Waals surface area contributed by atoms with E-state index in [-0.39, 0.29) is 6.54 Å². The van der Waals surface area contributed by atoms with Crippen LogP contribution in [0.4, 0.5) is 0 Å². The van der Waals surface area contributed by atoms with Gasteiger partial charge in [-0.15, -0.1) is 0 Å². The molecule has 0 fully saturated rings. The first-order valence-electron chi connectivity index (χ1n) is 5.88. The lowest BCUT2D eigenvalue weighted by Gasteiger charge is -2.14. The van der Waals surface area contributed by atoms with Crippen molar-refractivity contribution in [3.05, 3.63) is 40.3 Å². The Morgan fingerprint density at radius 1 is 1.53 bits per heavy atom. The molecule has 0 saturated carbocycles. The van der Waals surface area contributed by atoms with Crippen LogP contribution in [0.15, 0.2) is 29.4 Å². The summed E-state index contributed by atoms with van der Waals surface area (Å²) in [4.78, 5) is 13.8. The number of nitrogens with one attached hydrogen (secondary N) is 1. The van der Waals surface area contributed by atoms with E-state index >= 15 is 0 Å². The Kier molecular flexibility index (Phi) is 6.21. The van der Waals surface area contributed by atoms with E-state index in [9.17, 15) is 4.79 Å². The number of nitrogens with zero attached hydrogens (tertiary/aromatic N) is 3. The number of ether oxygens (including phenoxy) is 1. The maximum Gasteiger partial charge on any atom is 0.325 e. The molecule has 1 aromatic rings. The predicted octanol–water partition coefficient (Wildman–Crippen LogP) is 2.11. The number of benzene rings is 1. The summed E-state index contributed by atoms with van der Waals surface area (Å²) < 4.78 is 5.29. The average molecular weight is 264 g/mol. The molecule has 1 unspecified atom stereocenters. The number of carboxylic acid groups (broad SMARTS) is 1. The Labute approximate surface area is 110 Å². The van der Waals surface area contributed by atoms with Gasteiger partial charge in [0.25, 0.3) is 0 Å². The number of carbonyl (C=O) groups is 1. The zero-order valence-corrected chi connectivity index (χ0v) is 10.6. The smallest absolute Gasteiger partial charge is 0.325 e. The fourth-order valence-electron chi connectivity index (χ4n) is 1.57. The molecule has 19 heavy (non-hydrogen) atoms. The normalized spacial score (nSPS) is 11.4. The van der Waals surface area contributed by atoms with Crippen LogP contribution >= 0.6 is 0 Å². The van der Waals surface area contributed by atoms with E-state index in [0.717, 1.165) is 0 Å². The maximum atomic E-state index is 11.2. The van der Waals surface area contributed by atoms with Gasteiger partial charge in [-0.2, -0.15) is 0 Å². The molecule has 1 rings (SSSR count). The van der Waals surface area contributed by atoms with E-state index in [1.54, 1.807) is 24.3 Å². The number of rotatable bonds is 8. The highest BCUT2D eigenvalue weighted by atomic mass is 16.5. The van der Waals surface area contributed by atoms with Gasteiger partial charge >= 0.3 is 5.97 Å². The maximum absolute atomic E-state index is 11.2. The highest BCUT2D eigenvalue weighted by Crippen LogP contribution is 2.18. The lowest BCUT2D eigenvalue weighted by atomic mass is 10.1. The van der Waals surface area contributed by atoms with Crippen LogP contribution in [0.25, 0.3) is 10.4 Å². The molecule has 0 spiro atoms. The summed E-state index contributed by atoms with van der Waals surface area (Å²) >= 11 is 0. The van der Waals surface area contributed by atoms with E-state index in [0.29, 0.717) is 24.5 Å². The van der Waals surface area contributed by atoms with Crippen molar-refractivity contribution >= 4 is 5.97 Å². The zero-order chi connectivity index (χ0) is 14.1. The highest BCUT2D eigenvalue weighted by molar-refractivity contribution is 5.75. The largest absolute Gasteiger partial charge is 0.494 e. The number of carboxylic acids is 1. The van der Waals surface area contributed by atoms with Gasteiger partial charge in [-0.25, -0.2) is 0 Å². The van der Waals surface area contributed by atoms with Crippen LogP contribution < -0.4 is 10.1 Å². The summed E-state index contributed by atoms with van der Waals surface area (Å²) in [6.07, 6.45) is 0. The molecule has 2 N–H and O–H groups in total. The standard InChI is InChI=1S/C12H16N4O3/c1-2-19-10-5-3-9(4-6-10)11(12(17)18)14-7-8-15-16-13/h3-6,11,14H,2,7-8H2,1H3,(H,17,18). The Morgan fingerprint density at radius 2 is 2.21 bits per heavy atom. The van der Waals surface area contributed by atoms with Gasteiger partial charge in [0, 0.05) is 18.0 Å². The minimum Gasteiger partial charge on any atom is -0.494 e. The Morgan fingerprint density at radius 3 is 2.74 bits per heavy atom. The van der Waals surface area contributed by atoms with Crippen molar-refractivity contribution in [1.82, 2.24) is 5.32 Å². The monoisotopic (exact) mass is 264 g/mol. The summed E-state index contributed by atoms with van der Waals surface area (Å²) in [5, 5.41) is 15.3. The first-order chi connectivity index (χ1) is 9.19. The van der Waals surface area contributed by atoms with Crippen molar-refractivity contribution in [3.63, 3.8) is 0 Å². The molecule has 0 aliphatic rings. The first kappa shape index (κ1) is 14.8. The number of aliphatic carboxylic acids is 1. The second-order valence-electron chi connectivity index (χ2n) is 3.68. The van der Waals surface area contributed by atoms with Crippen molar-refractivity contribution < 1.29 is 14.6 Å². The van der Waals surface area contributed by atoms with Crippen molar-refractivity contribution in [1.29, 1.82) is 0 Å². The summed E-state index contributed by atoms with van der Waals surface area (Å²) in [5.41, 5.74) is 8.76. The van der Waals surface area contributed by atoms with Gasteiger partial charge in [-0.05, 0) is 30.2 Å². The van der Waals surface area contributed by atoms with Gasteiger partial charge in [-0.3, -0.25) is 4.79 Å². The van der Waals surface area contributed by atoms with Crippen LogP contribution in [-0.4, -0.2) is 30.8 Å². The van der Waals surface area contributed by atoms with Crippen LogP contribution in [0.5, 0.6) is 5.75 Å². The minimum atomic E-state index is -0.981. The van der Waals surface area contributed by atoms with E-state index in [1.165, 1.54) is 0 Å². The molecule has 7 heteroatoms. The number of azide groups is 1. The Bertz CT molecular complexity index is 455. The number of hydrogen-bond donors (Lipinski definition) is 2. The van der Waals surface area contributed by atoms with Gasteiger partial charge in [0.05, 0.1) is 6.61 Å². The first-order valence-corrected chi connectivity index (χ1v) is 5.88. The molecular formula is C12H16N4O3. The van der Waals surface area contributed by atoms with Crippen molar-refractivity contribution in [2.24, 2.45) is 5.11 Å². The highest BCUT2D eigenvalue weighted by Gasteiger charge is 2.18. The van der Waals surface area contributed by atoms with Gasteiger partial charge < -0.3 is 15.2 Å². The molecule has 0 aromatic heterocycles. The lowest BCUT2D eigenvalue weighted by Crippen LogP contribution is -2.30. The van der Waals surface area contributed by atoms with Crippen LogP contribution in [0, 0.1) is 0 Å². The molecule has 0 heterocycles. The van der Waals surface area contributed by atoms with E-state index in [1.807, 2.05) is 6.92 Å². The Balaban J connectivity index is 2.69. The zero-order valence-electron chi connectivity index (χ0n) is 10.6. The SMILES string of the molecule is CCOc1ccc(C(NCCN=[N+]=[N-])C(=O)O)cc1. The molecule has 0 radical (unpaired) electrons. The summed E-state index contributed by atoms with van der Waals surface area (Å²) in [6, 6.07) is 6.02. The molecule has 7 nitrogen and oxygen atoms in total. The third kappa shape index (κ3) is 4.87. The Hall–Kier alpha value is -2.24. The molecule has 1 aromatic carbocycles. The quantitative estimate of drug-likeness (QED) is 0.324. The van der Waals surface area contributed by atoms with Crippen molar-refractivity contribution in [2.75, 3.05) is 19.7 Å². The van der Waals surface area contributed by atoms with E-state index < -0.39 is 12.0 Å². The van der Waals surface area contributed by atoms with Crippen LogP contribution in [0.1, 0.15) is 18.5 Å². The third-order valence-corrected chi connectivity index (χ3v) is 2.39. The van der Waals surface area contributed by atoms with Gasteiger partial charge in [0.15, 0.2) is 0 Å². The second-order valence-corrected chi connectivity index (χ2v) is 3.68. The topological polar surface area (TPSA) is 107 Å². The molecule has 0 bridgehead atoms. The molecule has 0 aliphatic carbocycles. The second kappa shape index (κ2) is 7.97. The fraction of sp³-hybridized carbons (Fsp3) is 0.417. The predicted molar refractivity (Wildman–Crippen MR) is 70.0 cm³/mol. The van der Waals surface area contributed by atoms with Gasteiger partial charge in [-0.1, -0.05) is 17.2 Å². The summed E-state index contributed by atoms with van der Waals surface area (Å²) in [6.45, 7) is 2.95. The lowest BCUT2D eigenvalue weighted by molar-refractivity contribution is -0.139. The van der Waals surface area contributed by atoms with Crippen molar-refractivity contribution in [3.8, 4) is 5.75 Å². The minimum absolute atomic E-state index is 0.206. The van der Waals surface area contributed by atoms with E-state index in [4.69, 9.17) is 15.4 Å². The number of hydrogen-bond acceptors (Lipinski definition) is 4. The van der Waals surface area contributed by atoms with E-state index in [2.05, 4.69) is 15.3 Å². The molecular weight excluding hydrogens is 248 g/mol. The molecule has 0 saturated heterocycles. The third-order valence-electron chi connectivity index (χ3n) is 2.39. The molecule has 102 valence electrons. The van der Waals surface area contributed by atoms with Crippen molar-refractivity contribution in [2.45, 2.75) is 13.0 Å². The molecule has 0 aliphatic heterocycles. The van der Waals surface area contributed by atoms with Gasteiger partial charge in [0.1, 0.15) is 11.8 Å². The van der Waals surface area contributed by atoms with Crippen LogP contribution in [-0.2, 0) is 4.79 Å². The molecule has 0 amide bonds. The summed E-state index contributed by atoms with van der Waals surface area (Å²) in [5.74, 6) is -0.283.